The van der Waals surface area contributed by atoms with Gasteiger partial charge in [-0.2, -0.15) is 0 Å². The molecule has 0 saturated carbocycles. The van der Waals surface area contributed by atoms with Gasteiger partial charge in [-0.05, 0) is 0 Å². The Hall–Kier alpha value is -1.36. The minimum atomic E-state index is -0.833. The molecule has 0 saturated heterocycles. The molecule has 0 bridgehead atoms. The fourth-order valence-electron chi connectivity index (χ4n) is 0.749. The van der Waals surface area contributed by atoms with Crippen molar-refractivity contribution in [2.45, 2.75) is 13.5 Å². The van der Waals surface area contributed by atoms with Crippen molar-refractivity contribution in [2.24, 2.45) is 7.05 Å². The first-order valence-electron chi connectivity index (χ1n) is 3.87. The lowest BCUT2D eigenvalue weighted by Gasteiger charge is -1.86. The second kappa shape index (κ2) is 6.19. The van der Waals surface area contributed by atoms with Crippen LogP contribution in [0.5, 0.6) is 0 Å². The van der Waals surface area contributed by atoms with Gasteiger partial charge in [0, 0.05) is 6.92 Å². The smallest absolute Gasteiger partial charge is 0.300 e. The van der Waals surface area contributed by atoms with Crippen molar-refractivity contribution >= 4 is 5.97 Å². The van der Waals surface area contributed by atoms with E-state index in [0.717, 1.165) is 6.92 Å². The summed E-state index contributed by atoms with van der Waals surface area (Å²) < 4.78 is 3.87. The summed E-state index contributed by atoms with van der Waals surface area (Å²) >= 11 is 0. The Morgan fingerprint density at radius 1 is 1.62 bits per heavy atom. The molecule has 1 heterocycles. The van der Waals surface area contributed by atoms with E-state index in [1.807, 2.05) is 34.9 Å². The van der Waals surface area contributed by atoms with Crippen LogP contribution >= 0.6 is 0 Å². The highest BCUT2D eigenvalue weighted by molar-refractivity contribution is 5.62. The first-order chi connectivity index (χ1) is 6.06. The van der Waals surface area contributed by atoms with Crippen molar-refractivity contribution in [2.75, 3.05) is 6.61 Å². The molecule has 0 spiro atoms. The molecule has 0 radical (unpaired) electrons. The zero-order chi connectivity index (χ0) is 10.3. The Morgan fingerprint density at radius 2 is 2.15 bits per heavy atom. The number of aliphatic carboxylic acids is 1. The average molecular weight is 187 g/mol. The molecule has 5 nitrogen and oxygen atoms in total. The van der Waals surface area contributed by atoms with E-state index >= 15 is 0 Å². The molecule has 0 aromatic carbocycles. The molecule has 1 aromatic rings. The summed E-state index contributed by atoms with van der Waals surface area (Å²) in [4.78, 5) is 9.00. The maximum atomic E-state index is 9.00. The van der Waals surface area contributed by atoms with Gasteiger partial charge in [-0.3, -0.25) is 4.79 Å². The lowest BCUT2D eigenvalue weighted by atomic mass is 10.7. The Bertz CT molecular complexity index is 254. The van der Waals surface area contributed by atoms with Crippen molar-refractivity contribution in [1.29, 1.82) is 0 Å². The van der Waals surface area contributed by atoms with E-state index in [9.17, 15) is 0 Å². The van der Waals surface area contributed by atoms with Crippen molar-refractivity contribution in [1.82, 2.24) is 4.57 Å². The molecule has 13 heavy (non-hydrogen) atoms. The van der Waals surface area contributed by atoms with Crippen LogP contribution < -0.4 is 4.57 Å². The summed E-state index contributed by atoms with van der Waals surface area (Å²) in [6.45, 7) is 1.97. The molecule has 0 aliphatic carbocycles. The predicted octanol–water partition coefficient (Wildman–Crippen LogP) is -0.604. The lowest BCUT2D eigenvalue weighted by Crippen LogP contribution is -2.32. The maximum absolute atomic E-state index is 9.00. The van der Waals surface area contributed by atoms with E-state index in [1.165, 1.54) is 0 Å². The van der Waals surface area contributed by atoms with Gasteiger partial charge in [0.1, 0.15) is 18.9 Å². The monoisotopic (exact) mass is 187 g/mol. The third-order valence-corrected chi connectivity index (χ3v) is 1.18. The number of hydrogen-bond acceptors (Lipinski definition) is 2. The highest BCUT2D eigenvalue weighted by Gasteiger charge is 1.95. The van der Waals surface area contributed by atoms with Crippen LogP contribution in [0, 0.1) is 0 Å². The summed E-state index contributed by atoms with van der Waals surface area (Å²) in [7, 11) is 1.95. The molecule has 5 heteroatoms. The zero-order valence-corrected chi connectivity index (χ0v) is 7.84. The molecule has 1 rings (SSSR count). The summed E-state index contributed by atoms with van der Waals surface area (Å²) in [5.41, 5.74) is 0. The topological polar surface area (TPSA) is 66.3 Å². The number of aromatic nitrogens is 2. The van der Waals surface area contributed by atoms with Crippen LogP contribution in [0.25, 0.3) is 0 Å². The Labute approximate surface area is 76.9 Å². The normalized spacial score (nSPS) is 8.85. The molecule has 0 aliphatic heterocycles. The summed E-state index contributed by atoms with van der Waals surface area (Å²) in [5.74, 6) is -0.833. The van der Waals surface area contributed by atoms with Gasteiger partial charge in [-0.25, -0.2) is 9.13 Å². The number of aliphatic hydroxyl groups is 1. The van der Waals surface area contributed by atoms with Crippen LogP contribution in [0.15, 0.2) is 18.7 Å². The number of aryl methyl sites for hydroxylation is 1. The molecular weight excluding hydrogens is 172 g/mol. The van der Waals surface area contributed by atoms with Gasteiger partial charge in [-0.1, -0.05) is 0 Å². The second-order valence-corrected chi connectivity index (χ2v) is 2.56. The van der Waals surface area contributed by atoms with E-state index in [1.54, 1.807) is 0 Å². The second-order valence-electron chi connectivity index (χ2n) is 2.56. The van der Waals surface area contributed by atoms with Crippen molar-refractivity contribution < 1.29 is 19.6 Å². The summed E-state index contributed by atoms with van der Waals surface area (Å²) in [6.07, 6.45) is 5.79. The number of carboxylic acid groups (broad SMARTS) is 1. The van der Waals surface area contributed by atoms with E-state index < -0.39 is 5.97 Å². The van der Waals surface area contributed by atoms with Crippen LogP contribution in [0.4, 0.5) is 0 Å². The lowest BCUT2D eigenvalue weighted by molar-refractivity contribution is -0.697. The molecule has 0 amide bonds. The molecule has 74 valence electrons. The van der Waals surface area contributed by atoms with E-state index in [-0.39, 0.29) is 6.61 Å². The van der Waals surface area contributed by atoms with Gasteiger partial charge < -0.3 is 10.2 Å². The minimum Gasteiger partial charge on any atom is -0.481 e. The third-order valence-electron chi connectivity index (χ3n) is 1.18. The van der Waals surface area contributed by atoms with E-state index in [0.29, 0.717) is 6.54 Å². The van der Waals surface area contributed by atoms with Gasteiger partial charge in [0.25, 0.3) is 5.97 Å². The van der Waals surface area contributed by atoms with Gasteiger partial charge in [0.2, 0.25) is 6.33 Å². The molecule has 0 aliphatic rings. The maximum Gasteiger partial charge on any atom is 0.300 e. The zero-order valence-electron chi connectivity index (χ0n) is 7.84. The third kappa shape index (κ3) is 7.02. The van der Waals surface area contributed by atoms with Crippen LogP contribution in [-0.2, 0) is 18.4 Å². The highest BCUT2D eigenvalue weighted by Crippen LogP contribution is 1.75. The van der Waals surface area contributed by atoms with Crippen molar-refractivity contribution in [3.63, 3.8) is 0 Å². The van der Waals surface area contributed by atoms with Gasteiger partial charge in [0.05, 0.1) is 13.7 Å². The summed E-state index contributed by atoms with van der Waals surface area (Å²) in [6, 6.07) is 0. The minimum absolute atomic E-state index is 0.203. The Kier molecular flexibility index (Phi) is 5.54. The number of carboxylic acids is 1. The Morgan fingerprint density at radius 3 is 2.46 bits per heavy atom. The van der Waals surface area contributed by atoms with Gasteiger partial charge in [-0.15, -0.1) is 0 Å². The molecule has 1 aromatic heterocycles. The van der Waals surface area contributed by atoms with E-state index in [4.69, 9.17) is 15.0 Å². The fourth-order valence-corrected chi connectivity index (χ4v) is 0.749. The molecule has 0 atom stereocenters. The molecule has 0 fully saturated rings. The first kappa shape index (κ1) is 11.6. The number of hydrogen-bond donors (Lipinski definition) is 2. The number of aliphatic hydroxyl groups excluding tert-OH is 1. The van der Waals surface area contributed by atoms with E-state index in [2.05, 4.69) is 0 Å². The van der Waals surface area contributed by atoms with Crippen molar-refractivity contribution in [3.05, 3.63) is 18.7 Å². The highest BCUT2D eigenvalue weighted by atomic mass is 16.4. The Balaban J connectivity index is 0.000000310. The van der Waals surface area contributed by atoms with Crippen LogP contribution in [0.1, 0.15) is 6.92 Å². The predicted molar refractivity (Wildman–Crippen MR) is 46.0 cm³/mol. The standard InChI is InChI=1S/C6H11N2O.C2H4O2/c1-7-2-3-8(6-7)4-5-9;1-2(3)4/h2-3,6,9H,4-5H2,1H3;1H3,(H,3,4)/q+1;. The largest absolute Gasteiger partial charge is 0.481 e. The van der Waals surface area contributed by atoms with Gasteiger partial charge in [0.15, 0.2) is 0 Å². The number of rotatable bonds is 2. The first-order valence-corrected chi connectivity index (χ1v) is 3.87. The van der Waals surface area contributed by atoms with Crippen LogP contribution in [-0.4, -0.2) is 27.4 Å². The molecule has 0 unspecified atom stereocenters. The quantitative estimate of drug-likeness (QED) is 0.607. The van der Waals surface area contributed by atoms with Gasteiger partial charge >= 0.3 is 0 Å². The summed E-state index contributed by atoms with van der Waals surface area (Å²) in [5, 5.41) is 15.9. The number of carbonyl (C=O) groups is 1. The van der Waals surface area contributed by atoms with Crippen molar-refractivity contribution in [3.8, 4) is 0 Å². The fraction of sp³-hybridized carbons (Fsp3) is 0.500. The SMILES string of the molecule is CC(=O)O.Cn1cc[n+](CCO)c1. The van der Waals surface area contributed by atoms with Crippen LogP contribution in [0.2, 0.25) is 0 Å². The number of nitrogens with zero attached hydrogens (tertiary/aromatic N) is 2. The molecule has 2 N–H and O–H groups in total. The number of imidazole rings is 1. The molecular formula is C8H15N2O3+. The van der Waals surface area contributed by atoms with Crippen LogP contribution in [0.3, 0.4) is 0 Å². The average Bonchev–Trinajstić information content (AvgIpc) is 2.35.